The van der Waals surface area contributed by atoms with Crippen LogP contribution in [-0.2, 0) is 10.1 Å². The van der Waals surface area contributed by atoms with Crippen LogP contribution in [0.2, 0.25) is 0 Å². The van der Waals surface area contributed by atoms with Gasteiger partial charge in [0, 0.05) is 16.2 Å². The van der Waals surface area contributed by atoms with E-state index in [9.17, 15) is 18.1 Å². The minimum atomic E-state index is -4.36. The molecule has 6 nitrogen and oxygen atoms in total. The van der Waals surface area contributed by atoms with Crippen LogP contribution >= 0.6 is 0 Å². The molecule has 136 valence electrons. The van der Waals surface area contributed by atoms with Gasteiger partial charge in [-0.1, -0.05) is 54.6 Å². The predicted octanol–water partition coefficient (Wildman–Crippen LogP) is 4.71. The predicted molar refractivity (Wildman–Crippen MR) is 111 cm³/mol. The molecule has 0 unspecified atom stereocenters. The van der Waals surface area contributed by atoms with Gasteiger partial charge in [-0.05, 0) is 23.6 Å². The zero-order valence-corrected chi connectivity index (χ0v) is 14.8. The zero-order chi connectivity index (χ0) is 19.0. The first-order valence-electron chi connectivity index (χ1n) is 8.07. The van der Waals surface area contributed by atoms with Gasteiger partial charge in [0.05, 0.1) is 5.69 Å². The SMILES string of the molecule is O=S(=O)(O)c1ccc(N=Nc2c(O)ccc3ccccc23)c2ccccc12.[NaH]. The summed E-state index contributed by atoms with van der Waals surface area (Å²) in [6.45, 7) is 0. The fourth-order valence-corrected chi connectivity index (χ4v) is 3.72. The van der Waals surface area contributed by atoms with E-state index >= 15 is 0 Å². The molecule has 0 aromatic heterocycles. The Kier molecular flexibility index (Phi) is 5.83. The molecule has 0 amide bonds. The summed E-state index contributed by atoms with van der Waals surface area (Å²) in [5, 5.41) is 21.2. The van der Waals surface area contributed by atoms with Gasteiger partial charge in [-0.2, -0.15) is 8.42 Å². The van der Waals surface area contributed by atoms with Crippen LogP contribution in [-0.4, -0.2) is 47.6 Å². The van der Waals surface area contributed by atoms with Crippen LogP contribution in [0.3, 0.4) is 0 Å². The van der Waals surface area contributed by atoms with Crippen molar-refractivity contribution < 1.29 is 18.1 Å². The van der Waals surface area contributed by atoms with Crippen LogP contribution in [0.5, 0.6) is 5.75 Å². The van der Waals surface area contributed by atoms with Crippen molar-refractivity contribution in [2.45, 2.75) is 4.90 Å². The van der Waals surface area contributed by atoms with Crippen LogP contribution in [0.15, 0.2) is 87.9 Å². The van der Waals surface area contributed by atoms with Crippen molar-refractivity contribution in [3.8, 4) is 5.75 Å². The van der Waals surface area contributed by atoms with Gasteiger partial charge in [-0.25, -0.2) is 0 Å². The normalized spacial score (nSPS) is 11.8. The van der Waals surface area contributed by atoms with Gasteiger partial charge in [0.15, 0.2) is 0 Å². The number of fused-ring (bicyclic) bond motifs is 2. The third kappa shape index (κ3) is 3.80. The molecule has 0 atom stereocenters. The second-order valence-corrected chi connectivity index (χ2v) is 7.35. The summed E-state index contributed by atoms with van der Waals surface area (Å²) >= 11 is 0. The van der Waals surface area contributed by atoms with E-state index in [0.717, 1.165) is 10.8 Å². The molecule has 0 fully saturated rings. The fourth-order valence-electron chi connectivity index (χ4n) is 3.02. The average Bonchev–Trinajstić information content (AvgIpc) is 2.66. The molecule has 0 bridgehead atoms. The Labute approximate surface area is 183 Å². The Morgan fingerprint density at radius 2 is 1.36 bits per heavy atom. The summed E-state index contributed by atoms with van der Waals surface area (Å²) in [5.74, 6) is -0.00342. The molecule has 4 aromatic rings. The topological polar surface area (TPSA) is 99.3 Å². The first-order valence-corrected chi connectivity index (χ1v) is 9.51. The van der Waals surface area contributed by atoms with Crippen molar-refractivity contribution in [2.24, 2.45) is 10.2 Å². The molecule has 0 heterocycles. The van der Waals surface area contributed by atoms with Crippen molar-refractivity contribution >= 4 is 72.6 Å². The van der Waals surface area contributed by atoms with Gasteiger partial charge in [-0.15, -0.1) is 10.2 Å². The molecular formula is C20H15N2NaO4S. The Morgan fingerprint density at radius 3 is 2.07 bits per heavy atom. The number of azo groups is 1. The average molecular weight is 402 g/mol. The number of benzene rings is 4. The standard InChI is InChI=1S/C20H14N2O4S.Na.H/c23-18-11-9-13-5-1-2-6-14(13)20(18)22-21-17-10-12-19(27(24,25)26)16-8-4-3-7-15(16)17;;/h1-12,23H,(H,24,25,26);;. The van der Waals surface area contributed by atoms with Crippen LogP contribution in [0.1, 0.15) is 0 Å². The number of phenols is 1. The summed E-state index contributed by atoms with van der Waals surface area (Å²) < 4.78 is 32.6. The zero-order valence-electron chi connectivity index (χ0n) is 13.9. The minimum absolute atomic E-state index is 0. The molecule has 0 saturated heterocycles. The molecule has 2 N–H and O–H groups in total. The monoisotopic (exact) mass is 402 g/mol. The molecule has 0 aliphatic carbocycles. The van der Waals surface area contributed by atoms with Gasteiger partial charge >= 0.3 is 29.6 Å². The van der Waals surface area contributed by atoms with Gasteiger partial charge in [0.2, 0.25) is 0 Å². The van der Waals surface area contributed by atoms with Crippen molar-refractivity contribution in [1.82, 2.24) is 0 Å². The molecule has 28 heavy (non-hydrogen) atoms. The summed E-state index contributed by atoms with van der Waals surface area (Å²) in [4.78, 5) is -0.190. The molecule has 4 aromatic carbocycles. The summed E-state index contributed by atoms with van der Waals surface area (Å²) in [7, 11) is -4.36. The molecular weight excluding hydrogens is 387 g/mol. The van der Waals surface area contributed by atoms with Crippen LogP contribution in [0.4, 0.5) is 11.4 Å². The van der Waals surface area contributed by atoms with Gasteiger partial charge < -0.3 is 5.11 Å². The van der Waals surface area contributed by atoms with E-state index in [0.29, 0.717) is 22.1 Å². The number of aromatic hydroxyl groups is 1. The summed E-state index contributed by atoms with van der Waals surface area (Å²) in [6, 6.07) is 20.3. The van der Waals surface area contributed by atoms with Gasteiger partial charge in [0.1, 0.15) is 16.3 Å². The Morgan fingerprint density at radius 1 is 0.714 bits per heavy atom. The number of nitrogens with zero attached hydrogens (tertiary/aromatic N) is 2. The van der Waals surface area contributed by atoms with Gasteiger partial charge in [-0.3, -0.25) is 4.55 Å². The molecule has 4 rings (SSSR count). The van der Waals surface area contributed by atoms with Crippen LogP contribution < -0.4 is 0 Å². The van der Waals surface area contributed by atoms with E-state index in [2.05, 4.69) is 10.2 Å². The van der Waals surface area contributed by atoms with Gasteiger partial charge in [0.25, 0.3) is 10.1 Å². The Bertz CT molecular complexity index is 1320. The number of phenolic OH excluding ortho intramolecular Hbond substituents is 1. The summed E-state index contributed by atoms with van der Waals surface area (Å²) in [5.41, 5.74) is 0.751. The first kappa shape index (κ1) is 20.4. The van der Waals surface area contributed by atoms with Crippen LogP contribution in [0, 0.1) is 0 Å². The van der Waals surface area contributed by atoms with E-state index in [1.54, 1.807) is 36.4 Å². The second kappa shape index (κ2) is 7.98. The number of hydrogen-bond donors (Lipinski definition) is 2. The maximum absolute atomic E-state index is 11.6. The van der Waals surface area contributed by atoms with Crippen molar-refractivity contribution in [3.05, 3.63) is 72.8 Å². The summed E-state index contributed by atoms with van der Waals surface area (Å²) in [6.07, 6.45) is 0. The molecule has 0 aliphatic heterocycles. The molecule has 8 heteroatoms. The maximum atomic E-state index is 11.6. The van der Waals surface area contributed by atoms with Crippen molar-refractivity contribution in [2.75, 3.05) is 0 Å². The Hall–Kier alpha value is -2.29. The van der Waals surface area contributed by atoms with E-state index in [-0.39, 0.29) is 40.2 Å². The molecule has 0 spiro atoms. The number of hydrogen-bond acceptors (Lipinski definition) is 5. The quantitative estimate of drug-likeness (QED) is 0.294. The third-order valence-corrected chi connectivity index (χ3v) is 5.19. The number of rotatable bonds is 3. The third-order valence-electron chi connectivity index (χ3n) is 4.28. The fraction of sp³-hybridized carbons (Fsp3) is 0. The first-order chi connectivity index (χ1) is 12.9. The van der Waals surface area contributed by atoms with E-state index in [1.807, 2.05) is 24.3 Å². The van der Waals surface area contributed by atoms with Crippen LogP contribution in [0.25, 0.3) is 21.5 Å². The molecule has 0 aliphatic rings. The van der Waals surface area contributed by atoms with E-state index in [1.165, 1.54) is 12.1 Å². The van der Waals surface area contributed by atoms with Crippen molar-refractivity contribution in [3.63, 3.8) is 0 Å². The van der Waals surface area contributed by atoms with Crippen molar-refractivity contribution in [1.29, 1.82) is 0 Å². The molecule has 0 saturated carbocycles. The second-order valence-electron chi connectivity index (χ2n) is 5.96. The van der Waals surface area contributed by atoms with E-state index in [4.69, 9.17) is 0 Å². The molecule has 0 radical (unpaired) electrons. The Balaban J connectivity index is 0.00000225. The van der Waals surface area contributed by atoms with E-state index < -0.39 is 10.1 Å².